The molecule has 0 saturated carbocycles. The molecule has 1 spiro atoms. The van der Waals surface area contributed by atoms with Crippen molar-refractivity contribution in [3.05, 3.63) is 35.1 Å². The van der Waals surface area contributed by atoms with Crippen molar-refractivity contribution in [2.24, 2.45) is 5.41 Å². The molecule has 2 atom stereocenters. The minimum absolute atomic E-state index is 0.0787. The lowest BCUT2D eigenvalue weighted by Crippen LogP contribution is -2.74. The largest absolute Gasteiger partial charge is 0.374 e. The van der Waals surface area contributed by atoms with E-state index < -0.39 is 35.4 Å². The molecule has 0 unspecified atom stereocenters. The number of hydrogen-bond acceptors (Lipinski definition) is 9. The molecule has 0 aromatic carbocycles. The van der Waals surface area contributed by atoms with Crippen molar-refractivity contribution in [2.75, 3.05) is 18.1 Å². The number of nitrogens with zero attached hydrogens (tertiary/aromatic N) is 4. The van der Waals surface area contributed by atoms with E-state index in [0.29, 0.717) is 41.4 Å². The summed E-state index contributed by atoms with van der Waals surface area (Å²) in [6.45, 7) is 2.51. The van der Waals surface area contributed by atoms with Gasteiger partial charge in [0.2, 0.25) is 17.4 Å². The molecule has 6 rings (SSSR count). The fourth-order valence-corrected chi connectivity index (χ4v) is 5.48. The molecule has 3 aliphatic heterocycles. The van der Waals surface area contributed by atoms with E-state index in [2.05, 4.69) is 20.8 Å². The second-order valence-corrected chi connectivity index (χ2v) is 8.62. The van der Waals surface area contributed by atoms with Gasteiger partial charge < -0.3 is 14.2 Å². The average molecular weight is 469 g/mol. The van der Waals surface area contributed by atoms with Gasteiger partial charge in [-0.2, -0.15) is 0 Å². The quantitative estimate of drug-likeness (QED) is 0.507. The smallest absolute Gasteiger partial charge is 0.328 e. The van der Waals surface area contributed by atoms with Crippen molar-refractivity contribution in [3.63, 3.8) is 0 Å². The molecule has 12 heteroatoms. The lowest BCUT2D eigenvalue weighted by atomic mass is 9.68. The van der Waals surface area contributed by atoms with Crippen LogP contribution in [0.5, 0.6) is 0 Å². The fraction of sp³-hybridized carbons (Fsp3) is 0.333. The molecule has 2 fully saturated rings. The van der Waals surface area contributed by atoms with Crippen molar-refractivity contribution in [2.45, 2.75) is 25.5 Å². The highest BCUT2D eigenvalue weighted by atomic mass is 35.5. The maximum Gasteiger partial charge on any atom is 0.328 e. The lowest BCUT2D eigenvalue weighted by molar-refractivity contribution is -0.151. The number of rotatable bonds is 1. The molecule has 33 heavy (non-hydrogen) atoms. The van der Waals surface area contributed by atoms with Crippen molar-refractivity contribution in [1.29, 1.82) is 0 Å². The Morgan fingerprint density at radius 2 is 2.00 bits per heavy atom. The summed E-state index contributed by atoms with van der Waals surface area (Å²) in [5.41, 5.74) is 0.968. The summed E-state index contributed by atoms with van der Waals surface area (Å²) >= 11 is 6.82. The Morgan fingerprint density at radius 3 is 2.73 bits per heavy atom. The summed E-state index contributed by atoms with van der Waals surface area (Å²) < 4.78 is 11.4. The van der Waals surface area contributed by atoms with E-state index in [1.807, 2.05) is 11.0 Å². The first-order valence-corrected chi connectivity index (χ1v) is 10.7. The van der Waals surface area contributed by atoms with E-state index in [1.165, 1.54) is 0 Å². The van der Waals surface area contributed by atoms with E-state index in [4.69, 9.17) is 25.8 Å². The summed E-state index contributed by atoms with van der Waals surface area (Å²) in [6, 6.07) is 3.79. The zero-order valence-corrected chi connectivity index (χ0v) is 18.0. The number of barbiturate groups is 1. The number of amides is 4. The zero-order chi connectivity index (χ0) is 22.9. The van der Waals surface area contributed by atoms with Gasteiger partial charge in [0.15, 0.2) is 11.1 Å². The van der Waals surface area contributed by atoms with Gasteiger partial charge in [0.1, 0.15) is 10.5 Å². The van der Waals surface area contributed by atoms with Gasteiger partial charge in [-0.3, -0.25) is 25.2 Å². The number of ether oxygens (including phenoxy) is 1. The normalized spacial score (nSPS) is 23.8. The van der Waals surface area contributed by atoms with Gasteiger partial charge in [0.05, 0.1) is 35.8 Å². The van der Waals surface area contributed by atoms with Crippen LogP contribution in [0.15, 0.2) is 28.9 Å². The topological polar surface area (TPSA) is 140 Å². The molecule has 4 amide bonds. The van der Waals surface area contributed by atoms with E-state index in [9.17, 15) is 14.4 Å². The minimum Gasteiger partial charge on any atom is -0.374 e. The molecule has 3 aromatic heterocycles. The first kappa shape index (κ1) is 20.1. The highest BCUT2D eigenvalue weighted by molar-refractivity contribution is 6.38. The molecule has 0 radical (unpaired) electrons. The first-order chi connectivity index (χ1) is 15.9. The molecule has 6 heterocycles. The van der Waals surface area contributed by atoms with Crippen molar-refractivity contribution in [3.8, 4) is 11.4 Å². The van der Waals surface area contributed by atoms with Crippen molar-refractivity contribution >= 4 is 46.2 Å². The third-order valence-corrected chi connectivity index (χ3v) is 6.85. The Balaban J connectivity index is 1.60. The van der Waals surface area contributed by atoms with E-state index in [0.717, 1.165) is 0 Å². The number of hydrogen-bond donors (Lipinski definition) is 2. The van der Waals surface area contributed by atoms with Gasteiger partial charge in [0.25, 0.3) is 0 Å². The SMILES string of the molecule is C[C@@H]1OCCN2c3c(nc4c(-c5ccccn5)noc4c3Cl)CC3(C(=O)NC(=O)NC3=O)[C@@H]12. The number of carbonyl (C=O) groups excluding carboxylic acids is 3. The molecular weight excluding hydrogens is 452 g/mol. The summed E-state index contributed by atoms with van der Waals surface area (Å²) in [7, 11) is 0. The van der Waals surface area contributed by atoms with Crippen LogP contribution in [0.3, 0.4) is 0 Å². The summed E-state index contributed by atoms with van der Waals surface area (Å²) in [5, 5.41) is 8.90. The summed E-state index contributed by atoms with van der Waals surface area (Å²) in [4.78, 5) is 49.2. The van der Waals surface area contributed by atoms with Crippen molar-refractivity contribution in [1.82, 2.24) is 25.8 Å². The second kappa shape index (κ2) is 6.96. The molecule has 11 nitrogen and oxygen atoms in total. The molecule has 0 bridgehead atoms. The lowest BCUT2D eigenvalue weighted by Gasteiger charge is -2.53. The third kappa shape index (κ3) is 2.66. The maximum atomic E-state index is 13.2. The molecule has 2 saturated heterocycles. The Kier molecular flexibility index (Phi) is 4.23. The molecule has 3 aromatic rings. The van der Waals surface area contributed by atoms with Gasteiger partial charge in [-0.25, -0.2) is 9.78 Å². The number of carbonyl (C=O) groups is 3. The van der Waals surface area contributed by atoms with Gasteiger partial charge in [-0.15, -0.1) is 0 Å². The summed E-state index contributed by atoms with van der Waals surface area (Å²) in [5.74, 6) is -1.38. The summed E-state index contributed by atoms with van der Waals surface area (Å²) in [6.07, 6.45) is 1.05. The van der Waals surface area contributed by atoms with Crippen LogP contribution in [-0.2, 0) is 20.7 Å². The Bertz CT molecular complexity index is 1320. The molecule has 3 aliphatic rings. The van der Waals surface area contributed by atoms with Crippen molar-refractivity contribution < 1.29 is 23.6 Å². The van der Waals surface area contributed by atoms with E-state index in [-0.39, 0.29) is 17.0 Å². The molecule has 0 aliphatic carbocycles. The molecule has 2 N–H and O–H groups in total. The highest BCUT2D eigenvalue weighted by Crippen LogP contribution is 2.49. The number of morpholine rings is 1. The van der Waals surface area contributed by atoms with Gasteiger partial charge in [-0.1, -0.05) is 22.8 Å². The van der Waals surface area contributed by atoms with E-state index in [1.54, 1.807) is 25.3 Å². The predicted molar refractivity (Wildman–Crippen MR) is 114 cm³/mol. The fourth-order valence-electron chi connectivity index (χ4n) is 5.14. The number of fused-ring (bicyclic) bond motifs is 5. The van der Waals surface area contributed by atoms with Crippen LogP contribution in [0.1, 0.15) is 12.6 Å². The highest BCUT2D eigenvalue weighted by Gasteiger charge is 2.63. The average Bonchev–Trinajstić information content (AvgIpc) is 3.22. The predicted octanol–water partition coefficient (Wildman–Crippen LogP) is 1.44. The van der Waals surface area contributed by atoms with Gasteiger partial charge in [-0.05, 0) is 19.1 Å². The number of nitrogens with one attached hydrogen (secondary N) is 2. The zero-order valence-electron chi connectivity index (χ0n) is 17.3. The van der Waals surface area contributed by atoms with Gasteiger partial charge in [0, 0.05) is 19.2 Å². The monoisotopic (exact) mass is 468 g/mol. The standard InChI is InChI=1S/C21H17ClN6O5/c1-9-17-21(18(29)25-20(31)26-19(21)30)8-11-15(28(17)6-7-32-9)12(22)16-14(24-11)13(27-33-16)10-4-2-3-5-23-10/h2-5,9,17H,6-8H2,1H3,(H2,25,26,29,30,31)/t9-,17+/m0/s1. The van der Waals surface area contributed by atoms with Crippen LogP contribution >= 0.6 is 11.6 Å². The number of anilines is 1. The molecular formula is C21H17ClN6O5. The minimum atomic E-state index is -1.63. The van der Waals surface area contributed by atoms with Crippen LogP contribution < -0.4 is 15.5 Å². The van der Waals surface area contributed by atoms with Crippen LogP contribution in [0.25, 0.3) is 22.5 Å². The van der Waals surface area contributed by atoms with Crippen LogP contribution in [-0.4, -0.2) is 58.3 Å². The number of halogens is 1. The number of aromatic nitrogens is 3. The third-order valence-electron chi connectivity index (χ3n) is 6.50. The van der Waals surface area contributed by atoms with E-state index >= 15 is 0 Å². The first-order valence-electron chi connectivity index (χ1n) is 10.4. The number of pyridine rings is 2. The van der Waals surface area contributed by atoms with Crippen LogP contribution in [0.4, 0.5) is 10.5 Å². The van der Waals surface area contributed by atoms with Crippen LogP contribution in [0.2, 0.25) is 5.02 Å². The second-order valence-electron chi connectivity index (χ2n) is 8.24. The Morgan fingerprint density at radius 1 is 1.21 bits per heavy atom. The van der Waals surface area contributed by atoms with Crippen LogP contribution in [0, 0.1) is 5.41 Å². The number of urea groups is 1. The Hall–Kier alpha value is -3.57. The maximum absolute atomic E-state index is 13.2. The molecule has 168 valence electrons. The Labute approximate surface area is 191 Å². The van der Waals surface area contributed by atoms with Gasteiger partial charge >= 0.3 is 6.03 Å². The number of imide groups is 2.